The van der Waals surface area contributed by atoms with E-state index < -0.39 is 12.6 Å². The summed E-state index contributed by atoms with van der Waals surface area (Å²) < 4.78 is 34.7. The van der Waals surface area contributed by atoms with Crippen molar-refractivity contribution in [1.29, 1.82) is 0 Å². The Balaban J connectivity index is 3.02. The quantitative estimate of drug-likeness (QED) is 0.499. The fourth-order valence-electron chi connectivity index (χ4n) is 0.773. The van der Waals surface area contributed by atoms with E-state index in [9.17, 15) is 13.2 Å². The van der Waals surface area contributed by atoms with Crippen LogP contribution in [0.1, 0.15) is 32.1 Å². The first-order valence-electron chi connectivity index (χ1n) is 3.69. The molecule has 0 aliphatic carbocycles. The third-order valence-corrected chi connectivity index (χ3v) is 1.90. The maximum absolute atomic E-state index is 11.6. The molecule has 0 aliphatic heterocycles. The highest BCUT2D eigenvalue weighted by molar-refractivity contribution is 9.09. The van der Waals surface area contributed by atoms with Gasteiger partial charge in [-0.3, -0.25) is 0 Å². The maximum Gasteiger partial charge on any atom is 0.389 e. The van der Waals surface area contributed by atoms with E-state index in [1.165, 1.54) is 0 Å². The second-order valence-electron chi connectivity index (χ2n) is 2.47. The molecule has 0 fully saturated rings. The van der Waals surface area contributed by atoms with Gasteiger partial charge in [0.15, 0.2) is 0 Å². The van der Waals surface area contributed by atoms with E-state index in [0.29, 0.717) is 6.42 Å². The summed E-state index contributed by atoms with van der Waals surface area (Å²) in [6.07, 6.45) is -1.77. The average Bonchev–Trinajstić information content (AvgIpc) is 1.85. The summed E-state index contributed by atoms with van der Waals surface area (Å²) in [5.41, 5.74) is 0. The van der Waals surface area contributed by atoms with Gasteiger partial charge in [-0.25, -0.2) is 0 Å². The molecule has 0 unspecified atom stereocenters. The van der Waals surface area contributed by atoms with E-state index in [0.717, 1.165) is 18.2 Å². The molecule has 11 heavy (non-hydrogen) atoms. The Bertz CT molecular complexity index is 90.2. The van der Waals surface area contributed by atoms with Gasteiger partial charge < -0.3 is 0 Å². The van der Waals surface area contributed by atoms with Gasteiger partial charge >= 0.3 is 6.18 Å². The fourth-order valence-corrected chi connectivity index (χ4v) is 1.17. The van der Waals surface area contributed by atoms with Crippen molar-refractivity contribution in [2.75, 3.05) is 5.33 Å². The van der Waals surface area contributed by atoms with Gasteiger partial charge in [0.2, 0.25) is 0 Å². The minimum absolute atomic E-state index is 0.274. The van der Waals surface area contributed by atoms with Gasteiger partial charge in [-0.15, -0.1) is 0 Å². The summed E-state index contributed by atoms with van der Waals surface area (Å²) in [6.45, 7) is 0. The van der Waals surface area contributed by atoms with Crippen molar-refractivity contribution in [3.05, 3.63) is 0 Å². The van der Waals surface area contributed by atoms with Gasteiger partial charge in [-0.1, -0.05) is 28.8 Å². The highest BCUT2D eigenvalue weighted by atomic mass is 79.9. The summed E-state index contributed by atoms with van der Waals surface area (Å²) in [5, 5.41) is 0.888. The van der Waals surface area contributed by atoms with Crippen molar-refractivity contribution >= 4 is 15.9 Å². The summed E-state index contributed by atoms with van der Waals surface area (Å²) in [4.78, 5) is 0. The van der Waals surface area contributed by atoms with Gasteiger partial charge in [0.25, 0.3) is 0 Å². The average molecular weight is 233 g/mol. The minimum atomic E-state index is -3.96. The van der Waals surface area contributed by atoms with Crippen LogP contribution in [-0.4, -0.2) is 11.5 Å². The standard InChI is InChI=1S/C7H12BrF3/c8-6-4-2-1-3-5-7(9,10)11/h1-6H2. The van der Waals surface area contributed by atoms with Crippen LogP contribution in [0.5, 0.6) is 0 Å². The first-order chi connectivity index (χ1) is 5.06. The number of hydrogen-bond acceptors (Lipinski definition) is 0. The zero-order valence-corrected chi connectivity index (χ0v) is 7.84. The zero-order valence-electron chi connectivity index (χ0n) is 6.25. The number of unbranched alkanes of at least 4 members (excludes halogenated alkanes) is 3. The Morgan fingerprint density at radius 2 is 1.45 bits per heavy atom. The van der Waals surface area contributed by atoms with E-state index in [4.69, 9.17) is 0 Å². The predicted octanol–water partition coefficient (Wildman–Crippen LogP) is 3.89. The van der Waals surface area contributed by atoms with E-state index >= 15 is 0 Å². The topological polar surface area (TPSA) is 0 Å². The van der Waals surface area contributed by atoms with Crippen LogP contribution >= 0.6 is 15.9 Å². The normalized spacial score (nSPS) is 12.0. The lowest BCUT2D eigenvalue weighted by Crippen LogP contribution is -2.06. The number of alkyl halides is 4. The van der Waals surface area contributed by atoms with Crippen LogP contribution in [0.3, 0.4) is 0 Å². The molecule has 0 aliphatic rings. The van der Waals surface area contributed by atoms with Crippen LogP contribution < -0.4 is 0 Å². The van der Waals surface area contributed by atoms with Crippen molar-refractivity contribution in [3.63, 3.8) is 0 Å². The van der Waals surface area contributed by atoms with Crippen LogP contribution in [0.2, 0.25) is 0 Å². The highest BCUT2D eigenvalue weighted by Gasteiger charge is 2.25. The molecule has 0 nitrogen and oxygen atoms in total. The fraction of sp³-hybridized carbons (Fsp3) is 1.00. The van der Waals surface area contributed by atoms with Gasteiger partial charge in [-0.2, -0.15) is 13.2 Å². The molecular weight excluding hydrogens is 221 g/mol. The molecule has 0 N–H and O–H groups in total. The number of hydrogen-bond donors (Lipinski definition) is 0. The SMILES string of the molecule is FC(F)(F)CCCCCCBr. The molecule has 0 atom stereocenters. The Labute approximate surface area is 73.3 Å². The summed E-state index contributed by atoms with van der Waals surface area (Å²) in [5.74, 6) is 0. The molecule has 0 saturated carbocycles. The monoisotopic (exact) mass is 232 g/mol. The van der Waals surface area contributed by atoms with E-state index in [-0.39, 0.29) is 6.42 Å². The van der Waals surface area contributed by atoms with Crippen LogP contribution in [0.25, 0.3) is 0 Å². The van der Waals surface area contributed by atoms with E-state index in [1.54, 1.807) is 0 Å². The first kappa shape index (κ1) is 11.3. The molecule has 68 valence electrons. The number of halogens is 4. The maximum atomic E-state index is 11.6. The molecule has 0 radical (unpaired) electrons. The smallest absolute Gasteiger partial charge is 0.171 e. The van der Waals surface area contributed by atoms with Crippen molar-refractivity contribution in [2.24, 2.45) is 0 Å². The first-order valence-corrected chi connectivity index (χ1v) is 4.81. The summed E-state index contributed by atoms with van der Waals surface area (Å²) in [7, 11) is 0. The van der Waals surface area contributed by atoms with E-state index in [2.05, 4.69) is 15.9 Å². The predicted molar refractivity (Wildman–Crippen MR) is 42.9 cm³/mol. The van der Waals surface area contributed by atoms with Gasteiger partial charge in [-0.05, 0) is 12.8 Å². The van der Waals surface area contributed by atoms with Crippen molar-refractivity contribution in [3.8, 4) is 0 Å². The van der Waals surface area contributed by atoms with Crippen molar-refractivity contribution < 1.29 is 13.2 Å². The van der Waals surface area contributed by atoms with Gasteiger partial charge in [0, 0.05) is 11.8 Å². The van der Waals surface area contributed by atoms with E-state index in [1.807, 2.05) is 0 Å². The van der Waals surface area contributed by atoms with Crippen LogP contribution in [0.4, 0.5) is 13.2 Å². The Hall–Kier alpha value is 0.270. The Morgan fingerprint density at radius 1 is 0.909 bits per heavy atom. The van der Waals surface area contributed by atoms with Crippen LogP contribution in [-0.2, 0) is 0 Å². The summed E-state index contributed by atoms with van der Waals surface area (Å²) >= 11 is 3.22. The third-order valence-electron chi connectivity index (χ3n) is 1.34. The minimum Gasteiger partial charge on any atom is -0.171 e. The van der Waals surface area contributed by atoms with Crippen LogP contribution in [0.15, 0.2) is 0 Å². The molecule has 0 spiro atoms. The summed E-state index contributed by atoms with van der Waals surface area (Å²) in [6, 6.07) is 0. The molecule has 0 aromatic carbocycles. The second kappa shape index (κ2) is 5.86. The molecule has 0 bridgehead atoms. The molecule has 4 heteroatoms. The van der Waals surface area contributed by atoms with Crippen LogP contribution in [0, 0.1) is 0 Å². The lowest BCUT2D eigenvalue weighted by Gasteiger charge is -2.04. The van der Waals surface area contributed by atoms with Crippen molar-refractivity contribution in [1.82, 2.24) is 0 Å². The molecule has 0 aromatic rings. The zero-order chi connectivity index (χ0) is 8.74. The second-order valence-corrected chi connectivity index (χ2v) is 3.26. The third kappa shape index (κ3) is 10.3. The highest BCUT2D eigenvalue weighted by Crippen LogP contribution is 2.22. The van der Waals surface area contributed by atoms with Gasteiger partial charge in [0.1, 0.15) is 0 Å². The Kier molecular flexibility index (Phi) is 6.01. The molecule has 0 heterocycles. The Morgan fingerprint density at radius 3 is 1.91 bits per heavy atom. The molecule has 0 saturated heterocycles. The molecule has 0 amide bonds. The lowest BCUT2D eigenvalue weighted by molar-refractivity contribution is -0.135. The molecule has 0 rings (SSSR count). The largest absolute Gasteiger partial charge is 0.389 e. The molecule has 0 aromatic heterocycles. The lowest BCUT2D eigenvalue weighted by atomic mass is 10.1. The molecular formula is C7H12BrF3. The number of rotatable bonds is 5. The van der Waals surface area contributed by atoms with Gasteiger partial charge in [0.05, 0.1) is 0 Å². The van der Waals surface area contributed by atoms with Crippen molar-refractivity contribution in [2.45, 2.75) is 38.3 Å².